The van der Waals surface area contributed by atoms with Gasteiger partial charge in [-0.1, -0.05) is 186 Å². The molecular formula is C78H76BN3OS. The van der Waals surface area contributed by atoms with Crippen molar-refractivity contribution >= 4 is 122 Å². The van der Waals surface area contributed by atoms with Crippen molar-refractivity contribution in [1.29, 1.82) is 0 Å². The molecule has 0 amide bonds. The number of nitrogens with zero attached hydrogens (tertiary/aromatic N) is 3. The maximum atomic E-state index is 7.03. The zero-order valence-corrected chi connectivity index (χ0v) is 52.0. The van der Waals surface area contributed by atoms with E-state index < -0.39 is 0 Å². The van der Waals surface area contributed by atoms with E-state index in [1.165, 1.54) is 134 Å². The maximum absolute atomic E-state index is 7.03. The van der Waals surface area contributed by atoms with E-state index in [4.69, 9.17) is 4.42 Å². The minimum absolute atomic E-state index is 0.0111. The van der Waals surface area contributed by atoms with Crippen molar-refractivity contribution in [2.75, 3.05) is 14.7 Å². The Balaban J connectivity index is 1.10. The number of para-hydroxylation sites is 1. The second kappa shape index (κ2) is 17.5. The van der Waals surface area contributed by atoms with Crippen molar-refractivity contribution in [3.8, 4) is 11.1 Å². The second-order valence-electron chi connectivity index (χ2n) is 29.5. The Hall–Kier alpha value is -7.54. The Morgan fingerprint density at radius 3 is 1.80 bits per heavy atom. The van der Waals surface area contributed by atoms with Crippen LogP contribution in [0.4, 0.5) is 45.5 Å². The summed E-state index contributed by atoms with van der Waals surface area (Å²) in [7, 11) is 0. The monoisotopic (exact) mass is 1110 g/mol. The zero-order chi connectivity index (χ0) is 57.8. The van der Waals surface area contributed by atoms with Crippen molar-refractivity contribution in [2.45, 2.75) is 154 Å². The van der Waals surface area contributed by atoms with E-state index in [9.17, 15) is 0 Å². The summed E-state index contributed by atoms with van der Waals surface area (Å²) >= 11 is 1.91. The molecule has 9 aromatic carbocycles. The molecule has 418 valence electrons. The standard InChI is InChI=1S/C78H76BN3OS/c1-73(2,3)48-31-33-60(53(39-48)47-23-14-13-15-24-47)80-63-43-54-51-25-16-18-28-67(51)83-68(54)46-59(63)79-58-44-55-56(76(9,10)38-37-75(55,7)8)45-64(58)81(62-27-22-30-70-71(62)52-26-17-19-29-69(52)84-70)66-42-50(41-65(80)72(66)79)82-61-34-32-49(74(4,5)6)40-57(61)77(11)35-20-21-36-78(77,82)12/h13-19,22-34,39-46H,20-21,35-38H2,1-12H3. The summed E-state index contributed by atoms with van der Waals surface area (Å²) in [5, 5.41) is 4.89. The topological polar surface area (TPSA) is 22.9 Å². The molecular weight excluding hydrogens is 1040 g/mol. The van der Waals surface area contributed by atoms with Gasteiger partial charge in [-0.25, -0.2) is 0 Å². The van der Waals surface area contributed by atoms with Crippen LogP contribution in [0.5, 0.6) is 0 Å². The van der Waals surface area contributed by atoms with E-state index in [1.54, 1.807) is 0 Å². The highest BCUT2D eigenvalue weighted by Crippen LogP contribution is 2.63. The third kappa shape index (κ3) is 7.25. The van der Waals surface area contributed by atoms with Crippen LogP contribution >= 0.6 is 11.3 Å². The van der Waals surface area contributed by atoms with Crippen LogP contribution in [0, 0.1) is 0 Å². The first kappa shape index (κ1) is 52.1. The molecule has 11 aromatic rings. The van der Waals surface area contributed by atoms with Gasteiger partial charge in [-0.3, -0.25) is 0 Å². The Morgan fingerprint density at radius 2 is 1.06 bits per heavy atom. The van der Waals surface area contributed by atoms with Crippen LogP contribution in [0.1, 0.15) is 149 Å². The third-order valence-electron chi connectivity index (χ3n) is 21.6. The van der Waals surface area contributed by atoms with Crippen LogP contribution in [-0.4, -0.2) is 12.3 Å². The Kier molecular flexibility index (Phi) is 10.9. The van der Waals surface area contributed by atoms with E-state index in [0.717, 1.165) is 47.6 Å². The van der Waals surface area contributed by atoms with E-state index in [1.807, 2.05) is 11.3 Å². The van der Waals surface area contributed by atoms with Crippen molar-refractivity contribution < 1.29 is 4.42 Å². The van der Waals surface area contributed by atoms with Gasteiger partial charge in [0.15, 0.2) is 0 Å². The van der Waals surface area contributed by atoms with Crippen molar-refractivity contribution in [3.63, 3.8) is 0 Å². The van der Waals surface area contributed by atoms with Gasteiger partial charge in [0, 0.05) is 76.0 Å². The van der Waals surface area contributed by atoms with Crippen LogP contribution in [-0.2, 0) is 27.1 Å². The number of hydrogen-bond donors (Lipinski definition) is 0. The quantitative estimate of drug-likeness (QED) is 0.164. The van der Waals surface area contributed by atoms with E-state index in [-0.39, 0.29) is 39.3 Å². The molecule has 0 radical (unpaired) electrons. The maximum Gasteiger partial charge on any atom is 0.252 e. The van der Waals surface area contributed by atoms with Gasteiger partial charge in [-0.05, 0) is 177 Å². The third-order valence-corrected chi connectivity index (χ3v) is 22.7. The zero-order valence-electron chi connectivity index (χ0n) is 51.1. The summed E-state index contributed by atoms with van der Waals surface area (Å²) < 4.78 is 9.65. The SMILES string of the molecule is CC(C)(C)c1ccc(N2c3cc4c(cc3B3c5cc6c(cc5N(c5cccc7sc8ccccc8c57)c5cc(N7c8ccc(C(C)(C)C)cc8C8(C)CCCCC78C)cc2c53)C(C)(C)CCC6(C)C)oc2ccccc24)c(-c2ccccc2)c1. The number of furan rings is 1. The molecule has 0 bridgehead atoms. The molecule has 6 heteroatoms. The van der Waals surface area contributed by atoms with Crippen LogP contribution in [0.2, 0.25) is 0 Å². The highest BCUT2D eigenvalue weighted by Gasteiger charge is 2.58. The summed E-state index contributed by atoms with van der Waals surface area (Å²) in [5.41, 5.74) is 24.9. The minimum atomic E-state index is -0.205. The molecule has 3 aliphatic heterocycles. The molecule has 84 heavy (non-hydrogen) atoms. The van der Waals surface area contributed by atoms with Gasteiger partial charge in [0.2, 0.25) is 0 Å². The average molecular weight is 1110 g/mol. The fraction of sp³-hybridized carbons (Fsp3) is 0.308. The molecule has 1 saturated carbocycles. The fourth-order valence-electron chi connectivity index (χ4n) is 16.5. The fourth-order valence-corrected chi connectivity index (χ4v) is 17.6. The molecule has 16 rings (SSSR count). The first-order valence-corrected chi connectivity index (χ1v) is 31.9. The normalized spacial score (nSPS) is 20.3. The molecule has 5 aliphatic rings. The number of benzene rings is 9. The molecule has 0 spiro atoms. The highest BCUT2D eigenvalue weighted by atomic mass is 32.1. The lowest BCUT2D eigenvalue weighted by atomic mass is 9.33. The summed E-state index contributed by atoms with van der Waals surface area (Å²) in [5.74, 6) is 0. The largest absolute Gasteiger partial charge is 0.456 e. The van der Waals surface area contributed by atoms with Crippen LogP contribution in [0.25, 0.3) is 53.2 Å². The second-order valence-corrected chi connectivity index (χ2v) is 30.5. The molecule has 0 saturated heterocycles. The van der Waals surface area contributed by atoms with Crippen molar-refractivity contribution in [2.24, 2.45) is 0 Å². The van der Waals surface area contributed by atoms with E-state index in [0.29, 0.717) is 0 Å². The summed E-state index contributed by atoms with van der Waals surface area (Å²) in [6.07, 6.45) is 6.94. The lowest BCUT2D eigenvalue weighted by Crippen LogP contribution is -2.62. The molecule has 2 aliphatic carbocycles. The summed E-state index contributed by atoms with van der Waals surface area (Å²) in [6.45, 7) is 29.3. The van der Waals surface area contributed by atoms with Gasteiger partial charge in [-0.2, -0.15) is 0 Å². The first-order chi connectivity index (χ1) is 40.1. The Morgan fingerprint density at radius 1 is 0.452 bits per heavy atom. The molecule has 1 fully saturated rings. The lowest BCUT2D eigenvalue weighted by Gasteiger charge is -2.51. The molecule has 4 nitrogen and oxygen atoms in total. The van der Waals surface area contributed by atoms with Crippen LogP contribution < -0.4 is 31.1 Å². The van der Waals surface area contributed by atoms with Crippen LogP contribution in [0.3, 0.4) is 0 Å². The number of rotatable bonds is 4. The number of fused-ring (bicyclic) bond motifs is 14. The van der Waals surface area contributed by atoms with Gasteiger partial charge in [0.1, 0.15) is 11.2 Å². The van der Waals surface area contributed by atoms with Crippen molar-refractivity contribution in [3.05, 3.63) is 198 Å². The van der Waals surface area contributed by atoms with Gasteiger partial charge in [0.05, 0.1) is 16.9 Å². The molecule has 5 heterocycles. The summed E-state index contributed by atoms with van der Waals surface area (Å²) in [6, 6.07) is 66.6. The average Bonchev–Trinajstić information content (AvgIpc) is 2.88. The minimum Gasteiger partial charge on any atom is -0.456 e. The van der Waals surface area contributed by atoms with Crippen LogP contribution in [0.15, 0.2) is 174 Å². The van der Waals surface area contributed by atoms with Gasteiger partial charge in [-0.15, -0.1) is 11.3 Å². The predicted molar refractivity (Wildman–Crippen MR) is 362 cm³/mol. The van der Waals surface area contributed by atoms with Crippen molar-refractivity contribution in [1.82, 2.24) is 0 Å². The van der Waals surface area contributed by atoms with Gasteiger partial charge >= 0.3 is 0 Å². The first-order valence-electron chi connectivity index (χ1n) is 31.1. The molecule has 2 atom stereocenters. The number of thiophene rings is 1. The Bertz CT molecular complexity index is 4600. The number of hydrogen-bond acceptors (Lipinski definition) is 5. The molecule has 0 N–H and O–H groups in total. The van der Waals surface area contributed by atoms with E-state index >= 15 is 0 Å². The predicted octanol–water partition coefficient (Wildman–Crippen LogP) is 20.4. The van der Waals surface area contributed by atoms with Gasteiger partial charge in [0.25, 0.3) is 6.71 Å². The number of anilines is 8. The molecule has 2 aromatic heterocycles. The molecule has 2 unspecified atom stereocenters. The van der Waals surface area contributed by atoms with E-state index in [2.05, 4.69) is 268 Å². The summed E-state index contributed by atoms with van der Waals surface area (Å²) in [4.78, 5) is 8.33. The lowest BCUT2D eigenvalue weighted by molar-refractivity contribution is 0.195. The Labute approximate surface area is 501 Å². The highest BCUT2D eigenvalue weighted by molar-refractivity contribution is 7.26. The van der Waals surface area contributed by atoms with Gasteiger partial charge < -0.3 is 19.1 Å². The smallest absolute Gasteiger partial charge is 0.252 e.